The number of fused-ring (bicyclic) bond motifs is 1. The highest BCUT2D eigenvalue weighted by molar-refractivity contribution is 6.30. The summed E-state index contributed by atoms with van der Waals surface area (Å²) in [7, 11) is 0. The second-order valence-electron chi connectivity index (χ2n) is 5.98. The summed E-state index contributed by atoms with van der Waals surface area (Å²) in [6.07, 6.45) is 2.98. The highest BCUT2D eigenvalue weighted by Crippen LogP contribution is 2.31. The smallest absolute Gasteiger partial charge is 0.245 e. The molecule has 0 saturated heterocycles. The quantitative estimate of drug-likeness (QED) is 0.842. The molecule has 1 aliphatic carbocycles. The topological polar surface area (TPSA) is 58.2 Å². The molecule has 24 heavy (non-hydrogen) atoms. The number of nitrogens with one attached hydrogen (secondary N) is 2. The lowest BCUT2D eigenvalue weighted by Crippen LogP contribution is -2.45. The molecular weight excluding hydrogens is 324 g/mol. The van der Waals surface area contributed by atoms with Gasteiger partial charge in [0.25, 0.3) is 0 Å². The van der Waals surface area contributed by atoms with E-state index in [0.717, 1.165) is 30.4 Å². The van der Waals surface area contributed by atoms with Crippen LogP contribution >= 0.6 is 11.6 Å². The molecule has 0 bridgehead atoms. The molecule has 0 radical (unpaired) electrons. The second kappa shape index (κ2) is 7.49. The normalized spacial score (nSPS) is 16.1. The molecule has 3 rings (SSSR count). The van der Waals surface area contributed by atoms with Crippen LogP contribution in [0.2, 0.25) is 5.02 Å². The number of carbonyl (C=O) groups excluding carboxylic acids is 2. The Morgan fingerprint density at radius 1 is 1.04 bits per heavy atom. The van der Waals surface area contributed by atoms with Gasteiger partial charge >= 0.3 is 0 Å². The van der Waals surface area contributed by atoms with Crippen LogP contribution in [0.1, 0.15) is 35.4 Å². The molecule has 1 unspecified atom stereocenters. The van der Waals surface area contributed by atoms with Gasteiger partial charge in [-0.25, -0.2) is 0 Å². The Morgan fingerprint density at radius 2 is 1.79 bits per heavy atom. The van der Waals surface area contributed by atoms with Crippen molar-refractivity contribution in [1.82, 2.24) is 10.9 Å². The summed E-state index contributed by atoms with van der Waals surface area (Å²) in [5, 5.41) is 0.628. The van der Waals surface area contributed by atoms with Crippen molar-refractivity contribution in [2.45, 2.75) is 31.6 Å². The van der Waals surface area contributed by atoms with Gasteiger partial charge in [0.05, 0.1) is 12.3 Å². The van der Waals surface area contributed by atoms with Crippen LogP contribution in [0.15, 0.2) is 48.5 Å². The van der Waals surface area contributed by atoms with Crippen LogP contribution in [0.25, 0.3) is 0 Å². The summed E-state index contributed by atoms with van der Waals surface area (Å²) in [6, 6.07) is 15.1. The van der Waals surface area contributed by atoms with Gasteiger partial charge in [0.2, 0.25) is 11.8 Å². The van der Waals surface area contributed by atoms with Gasteiger partial charge in [-0.1, -0.05) is 48.0 Å². The van der Waals surface area contributed by atoms with Gasteiger partial charge in [-0.15, -0.1) is 0 Å². The molecule has 0 aliphatic heterocycles. The van der Waals surface area contributed by atoms with Crippen molar-refractivity contribution >= 4 is 23.4 Å². The minimum atomic E-state index is -0.255. The molecule has 2 aromatic rings. The Balaban J connectivity index is 1.56. The number of halogens is 1. The Kier molecular flexibility index (Phi) is 5.16. The van der Waals surface area contributed by atoms with Crippen LogP contribution in [0.4, 0.5) is 0 Å². The summed E-state index contributed by atoms with van der Waals surface area (Å²) in [6.45, 7) is 0. The number of hydrazine groups is 1. The summed E-state index contributed by atoms with van der Waals surface area (Å²) in [4.78, 5) is 24.4. The minimum absolute atomic E-state index is 0.161. The fraction of sp³-hybridized carbons (Fsp3) is 0.263. The van der Waals surface area contributed by atoms with Crippen LogP contribution < -0.4 is 10.9 Å². The molecule has 0 saturated carbocycles. The molecule has 124 valence electrons. The average Bonchev–Trinajstić information content (AvgIpc) is 2.61. The lowest BCUT2D eigenvalue weighted by Gasteiger charge is -2.24. The Hall–Kier alpha value is -2.33. The van der Waals surface area contributed by atoms with Crippen molar-refractivity contribution in [3.8, 4) is 0 Å². The number of rotatable bonds is 3. The first kappa shape index (κ1) is 16.5. The van der Waals surface area contributed by atoms with E-state index in [2.05, 4.69) is 16.9 Å². The van der Waals surface area contributed by atoms with E-state index in [1.165, 1.54) is 5.56 Å². The monoisotopic (exact) mass is 342 g/mol. The first-order chi connectivity index (χ1) is 11.6. The standard InChI is InChI=1S/C19H19ClN2O2/c20-15-10-8-13(9-11-15)12-18(23)21-22-19(24)17-7-3-5-14-4-1-2-6-16(14)17/h1-2,4,6,8-11,17H,3,5,7,12H2,(H,21,23)(H,22,24). The largest absolute Gasteiger partial charge is 0.273 e. The SMILES string of the molecule is O=C(Cc1ccc(Cl)cc1)NNC(=O)C1CCCc2ccccc21. The van der Waals surface area contributed by atoms with Crippen molar-refractivity contribution in [1.29, 1.82) is 0 Å². The Labute approximate surface area is 146 Å². The number of hydrogen-bond donors (Lipinski definition) is 2. The third-order valence-electron chi connectivity index (χ3n) is 4.29. The van der Waals surface area contributed by atoms with Crippen molar-refractivity contribution in [2.24, 2.45) is 0 Å². The average molecular weight is 343 g/mol. The van der Waals surface area contributed by atoms with Crippen LogP contribution in [0.5, 0.6) is 0 Å². The van der Waals surface area contributed by atoms with E-state index >= 15 is 0 Å². The minimum Gasteiger partial charge on any atom is -0.273 e. The van der Waals surface area contributed by atoms with E-state index < -0.39 is 0 Å². The molecule has 2 N–H and O–H groups in total. The van der Waals surface area contributed by atoms with E-state index in [1.54, 1.807) is 24.3 Å². The summed E-state index contributed by atoms with van der Waals surface area (Å²) < 4.78 is 0. The van der Waals surface area contributed by atoms with Crippen molar-refractivity contribution < 1.29 is 9.59 Å². The summed E-state index contributed by atoms with van der Waals surface area (Å²) >= 11 is 5.82. The highest BCUT2D eigenvalue weighted by Gasteiger charge is 2.26. The molecule has 0 aromatic heterocycles. The zero-order valence-electron chi connectivity index (χ0n) is 13.2. The molecule has 1 atom stereocenters. The van der Waals surface area contributed by atoms with Crippen LogP contribution in [0, 0.1) is 0 Å². The maximum Gasteiger partial charge on any atom is 0.245 e. The molecule has 4 nitrogen and oxygen atoms in total. The molecule has 2 amide bonds. The zero-order chi connectivity index (χ0) is 16.9. The number of hydrogen-bond acceptors (Lipinski definition) is 2. The molecular formula is C19H19ClN2O2. The van der Waals surface area contributed by atoms with Crippen LogP contribution in [-0.2, 0) is 22.4 Å². The van der Waals surface area contributed by atoms with E-state index in [0.29, 0.717) is 5.02 Å². The third-order valence-corrected chi connectivity index (χ3v) is 4.54. The molecule has 1 aliphatic rings. The van der Waals surface area contributed by atoms with Gasteiger partial charge in [0.15, 0.2) is 0 Å². The van der Waals surface area contributed by atoms with Gasteiger partial charge in [0.1, 0.15) is 0 Å². The maximum absolute atomic E-state index is 12.4. The second-order valence-corrected chi connectivity index (χ2v) is 6.42. The van der Waals surface area contributed by atoms with Gasteiger partial charge in [-0.2, -0.15) is 0 Å². The fourth-order valence-corrected chi connectivity index (χ4v) is 3.20. The Bertz CT molecular complexity index is 743. The van der Waals surface area contributed by atoms with Gasteiger partial charge in [0, 0.05) is 5.02 Å². The fourth-order valence-electron chi connectivity index (χ4n) is 3.08. The first-order valence-corrected chi connectivity index (χ1v) is 8.42. The first-order valence-electron chi connectivity index (χ1n) is 8.04. The number of benzene rings is 2. The van der Waals surface area contributed by atoms with Crippen molar-refractivity contribution in [3.05, 3.63) is 70.2 Å². The van der Waals surface area contributed by atoms with E-state index in [-0.39, 0.29) is 24.2 Å². The van der Waals surface area contributed by atoms with Crippen LogP contribution in [-0.4, -0.2) is 11.8 Å². The highest BCUT2D eigenvalue weighted by atomic mass is 35.5. The van der Waals surface area contributed by atoms with E-state index in [4.69, 9.17) is 11.6 Å². The maximum atomic E-state index is 12.4. The van der Waals surface area contributed by atoms with Crippen molar-refractivity contribution in [2.75, 3.05) is 0 Å². The third kappa shape index (κ3) is 3.95. The van der Waals surface area contributed by atoms with Gasteiger partial charge in [-0.3, -0.25) is 20.4 Å². The van der Waals surface area contributed by atoms with Gasteiger partial charge in [-0.05, 0) is 48.1 Å². The predicted octanol–water partition coefficient (Wildman–Crippen LogP) is 3.15. The summed E-state index contributed by atoms with van der Waals surface area (Å²) in [5.41, 5.74) is 8.19. The lowest BCUT2D eigenvalue weighted by molar-refractivity contribution is -0.129. The lowest BCUT2D eigenvalue weighted by atomic mass is 9.82. The molecule has 0 spiro atoms. The van der Waals surface area contributed by atoms with Crippen molar-refractivity contribution in [3.63, 3.8) is 0 Å². The zero-order valence-corrected chi connectivity index (χ0v) is 14.0. The predicted molar refractivity (Wildman–Crippen MR) is 93.6 cm³/mol. The Morgan fingerprint density at radius 3 is 2.58 bits per heavy atom. The number of aryl methyl sites for hydroxylation is 1. The number of amides is 2. The summed E-state index contributed by atoms with van der Waals surface area (Å²) in [5.74, 6) is -0.618. The van der Waals surface area contributed by atoms with Crippen LogP contribution in [0.3, 0.4) is 0 Å². The molecule has 0 heterocycles. The van der Waals surface area contributed by atoms with E-state index in [1.807, 2.05) is 18.2 Å². The molecule has 2 aromatic carbocycles. The molecule has 0 fully saturated rings. The van der Waals surface area contributed by atoms with Gasteiger partial charge < -0.3 is 0 Å². The number of carbonyl (C=O) groups is 2. The molecule has 5 heteroatoms. The van der Waals surface area contributed by atoms with E-state index in [9.17, 15) is 9.59 Å².